The third-order valence-electron chi connectivity index (χ3n) is 8.10. The van der Waals surface area contributed by atoms with Crippen LogP contribution in [0, 0.1) is 0 Å². The maximum absolute atomic E-state index is 11.1. The van der Waals surface area contributed by atoms with Crippen molar-refractivity contribution in [1.82, 2.24) is 4.90 Å². The number of benzene rings is 1. The zero-order valence-corrected chi connectivity index (χ0v) is 30.8. The molecule has 3 fully saturated rings. The number of esters is 2. The average Bonchev–Trinajstić information content (AvgIpc) is 3.89. The van der Waals surface area contributed by atoms with E-state index in [1.165, 1.54) is 7.11 Å². The first-order valence-electron chi connectivity index (χ1n) is 16.8. The van der Waals surface area contributed by atoms with Crippen LogP contribution in [-0.4, -0.2) is 136 Å². The second-order valence-corrected chi connectivity index (χ2v) is 12.5. The summed E-state index contributed by atoms with van der Waals surface area (Å²) in [5.74, 6) is 0.189. The molecule has 3 saturated heterocycles. The summed E-state index contributed by atoms with van der Waals surface area (Å²) in [7, 11) is 8.26. The van der Waals surface area contributed by atoms with E-state index in [0.29, 0.717) is 36.6 Å². The number of fused-ring (bicyclic) bond motifs is 1. The summed E-state index contributed by atoms with van der Waals surface area (Å²) in [4.78, 5) is 24.1. The Morgan fingerprint density at radius 2 is 1.63 bits per heavy atom. The standard InChI is InChI=1S/C9H8O3.C8H16O2.C7H15NO2.C7H10O3.C5H10O2/c1-11-9-7-5-3-2-4-6(7)8(10)12-9;1-8(2)5-4-7(10-8)6-9-3;1-9-5-2-8-3-6-10-7-4-8;1-5-3-7(8)10-6(5)4-9-2;1-6-5-2-3-7-4-5/h2-5,9H,1H3;7H,4-6H2,1-3H3;2-7H2,1H3;3-4H2,1-2H3;5H,2-4H2,1H3. The van der Waals surface area contributed by atoms with Gasteiger partial charge in [-0.15, -0.1) is 0 Å². The van der Waals surface area contributed by atoms with Crippen LogP contribution in [-0.2, 0) is 52.2 Å². The van der Waals surface area contributed by atoms with Gasteiger partial charge in [-0.3, -0.25) is 9.69 Å². The van der Waals surface area contributed by atoms with Crippen LogP contribution in [0.3, 0.4) is 0 Å². The van der Waals surface area contributed by atoms with E-state index in [9.17, 15) is 9.59 Å². The number of hydrogen-bond acceptors (Lipinski definition) is 13. The minimum absolute atomic E-state index is 0.0865. The second-order valence-electron chi connectivity index (χ2n) is 12.5. The Bertz CT molecular complexity index is 1110. The van der Waals surface area contributed by atoms with Crippen molar-refractivity contribution in [3.8, 4) is 0 Å². The van der Waals surface area contributed by atoms with Gasteiger partial charge in [-0.05, 0) is 51.7 Å². The Balaban J connectivity index is 0.000000215. The highest BCUT2D eigenvalue weighted by Gasteiger charge is 2.31. The van der Waals surface area contributed by atoms with Gasteiger partial charge in [-0.25, -0.2) is 4.79 Å². The number of methoxy groups -OCH3 is 5. The van der Waals surface area contributed by atoms with Gasteiger partial charge in [0.2, 0.25) is 6.29 Å². The summed E-state index contributed by atoms with van der Waals surface area (Å²) in [6.07, 6.45) is 3.96. The molecule has 49 heavy (non-hydrogen) atoms. The summed E-state index contributed by atoms with van der Waals surface area (Å²) in [5, 5.41) is 0. The van der Waals surface area contributed by atoms with Crippen LogP contribution in [0.5, 0.6) is 0 Å². The Kier molecular flexibility index (Phi) is 20.8. The molecule has 0 radical (unpaired) electrons. The summed E-state index contributed by atoms with van der Waals surface area (Å²) in [6, 6.07) is 7.22. The fourth-order valence-corrected chi connectivity index (χ4v) is 5.27. The number of carbonyl (C=O) groups excluding carboxylic acids is 2. The number of cyclic esters (lactones) is 2. The predicted molar refractivity (Wildman–Crippen MR) is 182 cm³/mol. The normalized spacial score (nSPS) is 23.8. The van der Waals surface area contributed by atoms with Crippen LogP contribution in [0.25, 0.3) is 0 Å². The first-order chi connectivity index (χ1) is 23.6. The SMILES string of the molecule is COC1CCOC1.COC1OC(=O)c2ccccc21.COCC1=C(C)CC(=O)O1.COCC1CCC(C)(C)O1.COCCN1CCOCC1. The Labute approximate surface area is 292 Å². The van der Waals surface area contributed by atoms with Gasteiger partial charge in [0.1, 0.15) is 12.4 Å². The van der Waals surface area contributed by atoms with Crippen molar-refractivity contribution < 1.29 is 57.0 Å². The van der Waals surface area contributed by atoms with Crippen molar-refractivity contribution in [2.45, 2.75) is 70.6 Å². The number of ether oxygens (including phenoxy) is 10. The first kappa shape index (κ1) is 42.7. The van der Waals surface area contributed by atoms with Gasteiger partial charge in [0.15, 0.2) is 0 Å². The number of rotatable bonds is 9. The van der Waals surface area contributed by atoms with Gasteiger partial charge in [-0.1, -0.05) is 18.2 Å². The molecule has 1 aromatic carbocycles. The molecule has 13 heteroatoms. The van der Waals surface area contributed by atoms with Crippen LogP contribution in [0.2, 0.25) is 0 Å². The topological polar surface area (TPSA) is 130 Å². The lowest BCUT2D eigenvalue weighted by Crippen LogP contribution is -2.38. The predicted octanol–water partition coefficient (Wildman–Crippen LogP) is 4.33. The fraction of sp³-hybridized carbons (Fsp3) is 0.722. The van der Waals surface area contributed by atoms with E-state index >= 15 is 0 Å². The van der Waals surface area contributed by atoms with Gasteiger partial charge < -0.3 is 47.4 Å². The lowest BCUT2D eigenvalue weighted by molar-refractivity contribution is -0.137. The Morgan fingerprint density at radius 3 is 2.14 bits per heavy atom. The van der Waals surface area contributed by atoms with Gasteiger partial charge >= 0.3 is 11.9 Å². The molecule has 0 aromatic heterocycles. The number of morpholine rings is 1. The molecule has 1 aromatic rings. The molecule has 5 aliphatic heterocycles. The fourth-order valence-electron chi connectivity index (χ4n) is 5.27. The zero-order chi connectivity index (χ0) is 36.1. The Hall–Kier alpha value is -2.46. The lowest BCUT2D eigenvalue weighted by atomic mass is 10.1. The van der Waals surface area contributed by atoms with E-state index in [2.05, 4.69) is 18.7 Å². The minimum Gasteiger partial charge on any atom is -0.428 e. The summed E-state index contributed by atoms with van der Waals surface area (Å²) < 4.78 is 50.4. The summed E-state index contributed by atoms with van der Waals surface area (Å²) in [6.45, 7) is 14.7. The van der Waals surface area contributed by atoms with E-state index in [1.54, 1.807) is 40.6 Å². The third kappa shape index (κ3) is 16.4. The van der Waals surface area contributed by atoms with Crippen molar-refractivity contribution >= 4 is 11.9 Å². The van der Waals surface area contributed by atoms with Crippen LogP contribution in [0.1, 0.15) is 68.7 Å². The van der Waals surface area contributed by atoms with Gasteiger partial charge in [-0.2, -0.15) is 0 Å². The van der Waals surface area contributed by atoms with E-state index in [4.69, 9.17) is 47.4 Å². The van der Waals surface area contributed by atoms with Crippen LogP contribution in [0.15, 0.2) is 35.6 Å². The molecule has 0 amide bonds. The van der Waals surface area contributed by atoms with E-state index < -0.39 is 6.29 Å². The maximum Gasteiger partial charge on any atom is 0.341 e. The van der Waals surface area contributed by atoms with E-state index in [0.717, 1.165) is 89.7 Å². The van der Waals surface area contributed by atoms with Gasteiger partial charge in [0.05, 0.1) is 62.8 Å². The van der Waals surface area contributed by atoms with Gasteiger partial charge in [0.25, 0.3) is 0 Å². The largest absolute Gasteiger partial charge is 0.428 e. The lowest BCUT2D eigenvalue weighted by Gasteiger charge is -2.25. The molecule has 0 aliphatic carbocycles. The molecule has 0 saturated carbocycles. The smallest absolute Gasteiger partial charge is 0.341 e. The molecule has 0 bridgehead atoms. The highest BCUT2D eigenvalue weighted by Crippen LogP contribution is 2.30. The second kappa shape index (κ2) is 23.9. The number of carbonyl (C=O) groups is 2. The number of hydrogen-bond donors (Lipinski definition) is 0. The average molecular weight is 698 g/mol. The van der Waals surface area contributed by atoms with E-state index in [1.807, 2.05) is 19.1 Å². The molecule has 280 valence electrons. The van der Waals surface area contributed by atoms with Crippen LogP contribution < -0.4 is 0 Å². The van der Waals surface area contributed by atoms with Crippen molar-refractivity contribution in [2.75, 3.05) is 101 Å². The summed E-state index contributed by atoms with van der Waals surface area (Å²) >= 11 is 0. The van der Waals surface area contributed by atoms with Crippen molar-refractivity contribution in [3.63, 3.8) is 0 Å². The minimum atomic E-state index is -0.520. The quantitative estimate of drug-likeness (QED) is 0.340. The zero-order valence-electron chi connectivity index (χ0n) is 30.8. The molecule has 5 aliphatic rings. The summed E-state index contributed by atoms with van der Waals surface area (Å²) in [5.41, 5.74) is 2.48. The highest BCUT2D eigenvalue weighted by molar-refractivity contribution is 5.93. The van der Waals surface area contributed by atoms with Crippen LogP contribution in [0.4, 0.5) is 0 Å². The number of nitrogens with zero attached hydrogens (tertiary/aromatic N) is 1. The molecule has 3 unspecified atom stereocenters. The first-order valence-corrected chi connectivity index (χ1v) is 16.8. The van der Waals surface area contributed by atoms with Crippen LogP contribution >= 0.6 is 0 Å². The van der Waals surface area contributed by atoms with Gasteiger partial charge in [0, 0.05) is 67.4 Å². The molecule has 0 N–H and O–H groups in total. The molecule has 5 heterocycles. The highest BCUT2D eigenvalue weighted by atomic mass is 16.7. The molecule has 6 rings (SSSR count). The van der Waals surface area contributed by atoms with Crippen molar-refractivity contribution in [3.05, 3.63) is 46.7 Å². The molecule has 3 atom stereocenters. The molecule has 13 nitrogen and oxygen atoms in total. The van der Waals surface area contributed by atoms with Crippen molar-refractivity contribution in [2.24, 2.45) is 0 Å². The Morgan fingerprint density at radius 1 is 0.898 bits per heavy atom. The molecule has 0 spiro atoms. The van der Waals surface area contributed by atoms with E-state index in [-0.39, 0.29) is 17.5 Å². The molecular formula is C36H59NO12. The molecular weight excluding hydrogens is 638 g/mol. The maximum atomic E-state index is 11.1. The monoisotopic (exact) mass is 697 g/mol. The third-order valence-corrected chi connectivity index (χ3v) is 8.10. The van der Waals surface area contributed by atoms with Crippen molar-refractivity contribution in [1.29, 1.82) is 0 Å².